The van der Waals surface area contributed by atoms with E-state index in [1.165, 1.54) is 6.07 Å². The lowest BCUT2D eigenvalue weighted by Gasteiger charge is -2.19. The molecule has 0 aliphatic rings. The number of benzene rings is 1. The first-order valence-electron chi connectivity index (χ1n) is 6.31. The minimum absolute atomic E-state index is 0.229. The maximum absolute atomic E-state index is 13.9. The average molecular weight is 279 g/mol. The third-order valence-corrected chi connectivity index (χ3v) is 3.08. The quantitative estimate of drug-likeness (QED) is 0.895. The number of rotatable bonds is 5. The Labute approximate surface area is 117 Å². The Morgan fingerprint density at radius 3 is 2.68 bits per heavy atom. The highest BCUT2D eigenvalue weighted by molar-refractivity contribution is 6.30. The summed E-state index contributed by atoms with van der Waals surface area (Å²) in [6.07, 6.45) is 2.55. The first kappa shape index (κ1) is 14.0. The molecule has 0 radical (unpaired) electrons. The van der Waals surface area contributed by atoms with Crippen LogP contribution in [-0.4, -0.2) is 11.5 Å². The first-order valence-corrected chi connectivity index (χ1v) is 6.69. The summed E-state index contributed by atoms with van der Waals surface area (Å²) in [6, 6.07) is 10.1. The predicted molar refractivity (Wildman–Crippen MR) is 75.8 cm³/mol. The van der Waals surface area contributed by atoms with Crippen molar-refractivity contribution in [3.63, 3.8) is 0 Å². The lowest BCUT2D eigenvalue weighted by molar-refractivity contribution is 0.539. The van der Waals surface area contributed by atoms with Gasteiger partial charge < -0.3 is 5.32 Å². The number of nitrogens with zero attached hydrogens (tertiary/aromatic N) is 1. The molecule has 0 bridgehead atoms. The van der Waals surface area contributed by atoms with E-state index in [4.69, 9.17) is 11.6 Å². The standard InChI is InChI=1S/C15H16ClFN2/c1-2-9-18-15(12-5-3-4-6-13(12)17)14-8-7-11(16)10-19-14/h3-8,10,15,18H,2,9H2,1H3. The Balaban J connectivity index is 2.35. The third kappa shape index (κ3) is 3.52. The second-order valence-corrected chi connectivity index (χ2v) is 4.75. The van der Waals surface area contributed by atoms with Crippen LogP contribution in [0.4, 0.5) is 4.39 Å². The van der Waals surface area contributed by atoms with E-state index in [0.29, 0.717) is 10.6 Å². The van der Waals surface area contributed by atoms with E-state index in [1.54, 1.807) is 24.4 Å². The Bertz CT molecular complexity index is 528. The number of hydrogen-bond acceptors (Lipinski definition) is 2. The van der Waals surface area contributed by atoms with Gasteiger partial charge in [-0.05, 0) is 31.2 Å². The fourth-order valence-corrected chi connectivity index (χ4v) is 2.04. The maximum Gasteiger partial charge on any atom is 0.128 e. The van der Waals surface area contributed by atoms with Gasteiger partial charge >= 0.3 is 0 Å². The van der Waals surface area contributed by atoms with E-state index in [2.05, 4.69) is 17.2 Å². The van der Waals surface area contributed by atoms with E-state index in [-0.39, 0.29) is 11.9 Å². The van der Waals surface area contributed by atoms with Crippen LogP contribution in [0.1, 0.15) is 30.6 Å². The van der Waals surface area contributed by atoms with Crippen molar-refractivity contribution in [1.29, 1.82) is 0 Å². The van der Waals surface area contributed by atoms with Crippen molar-refractivity contribution in [2.75, 3.05) is 6.54 Å². The molecule has 1 aromatic carbocycles. The minimum atomic E-state index is -0.251. The molecule has 1 N–H and O–H groups in total. The average Bonchev–Trinajstić information content (AvgIpc) is 2.43. The van der Waals surface area contributed by atoms with Crippen molar-refractivity contribution < 1.29 is 4.39 Å². The lowest BCUT2D eigenvalue weighted by atomic mass is 10.0. The molecule has 0 saturated heterocycles. The van der Waals surface area contributed by atoms with Gasteiger partial charge in [-0.25, -0.2) is 4.39 Å². The van der Waals surface area contributed by atoms with Gasteiger partial charge in [0.15, 0.2) is 0 Å². The van der Waals surface area contributed by atoms with Crippen LogP contribution in [0, 0.1) is 5.82 Å². The largest absolute Gasteiger partial charge is 0.305 e. The molecule has 1 heterocycles. The molecule has 2 nitrogen and oxygen atoms in total. The summed E-state index contributed by atoms with van der Waals surface area (Å²) in [5.41, 5.74) is 1.37. The van der Waals surface area contributed by atoms with Crippen LogP contribution < -0.4 is 5.32 Å². The zero-order valence-electron chi connectivity index (χ0n) is 10.7. The van der Waals surface area contributed by atoms with E-state index in [0.717, 1.165) is 18.7 Å². The van der Waals surface area contributed by atoms with Gasteiger partial charge in [-0.2, -0.15) is 0 Å². The molecular formula is C15H16ClFN2. The molecule has 1 unspecified atom stereocenters. The fourth-order valence-electron chi connectivity index (χ4n) is 1.93. The van der Waals surface area contributed by atoms with Crippen molar-refractivity contribution in [1.82, 2.24) is 10.3 Å². The molecule has 0 spiro atoms. The van der Waals surface area contributed by atoms with Crippen LogP contribution in [0.3, 0.4) is 0 Å². The predicted octanol–water partition coefficient (Wildman–Crippen LogP) is 3.96. The molecule has 4 heteroatoms. The molecule has 19 heavy (non-hydrogen) atoms. The summed E-state index contributed by atoms with van der Waals surface area (Å²) in [6.45, 7) is 2.87. The van der Waals surface area contributed by atoms with Gasteiger partial charge in [-0.15, -0.1) is 0 Å². The molecule has 100 valence electrons. The second kappa shape index (κ2) is 6.64. The van der Waals surface area contributed by atoms with Crippen LogP contribution in [0.25, 0.3) is 0 Å². The Hall–Kier alpha value is -1.45. The van der Waals surface area contributed by atoms with E-state index < -0.39 is 0 Å². The highest BCUT2D eigenvalue weighted by atomic mass is 35.5. The summed E-state index contributed by atoms with van der Waals surface area (Å²) in [4.78, 5) is 4.29. The molecule has 2 rings (SSSR count). The molecule has 0 aliphatic heterocycles. The Morgan fingerprint density at radius 1 is 1.26 bits per heavy atom. The SMILES string of the molecule is CCCNC(c1ccc(Cl)cn1)c1ccccc1F. The van der Waals surface area contributed by atoms with Gasteiger partial charge in [0.25, 0.3) is 0 Å². The maximum atomic E-state index is 13.9. The number of nitrogens with one attached hydrogen (secondary N) is 1. The van der Waals surface area contributed by atoms with Crippen LogP contribution >= 0.6 is 11.6 Å². The lowest BCUT2D eigenvalue weighted by Crippen LogP contribution is -2.24. The smallest absolute Gasteiger partial charge is 0.128 e. The molecule has 1 atom stereocenters. The van der Waals surface area contributed by atoms with Gasteiger partial charge in [0.2, 0.25) is 0 Å². The normalized spacial score (nSPS) is 12.4. The summed E-state index contributed by atoms with van der Waals surface area (Å²) in [5.74, 6) is -0.229. The third-order valence-electron chi connectivity index (χ3n) is 2.86. The van der Waals surface area contributed by atoms with Crippen molar-refractivity contribution in [3.8, 4) is 0 Å². The number of aromatic nitrogens is 1. The minimum Gasteiger partial charge on any atom is -0.305 e. The first-order chi connectivity index (χ1) is 9.22. The molecule has 0 amide bonds. The van der Waals surface area contributed by atoms with Gasteiger partial charge in [0.05, 0.1) is 16.8 Å². The zero-order chi connectivity index (χ0) is 13.7. The number of halogens is 2. The fraction of sp³-hybridized carbons (Fsp3) is 0.267. The van der Waals surface area contributed by atoms with E-state index in [9.17, 15) is 4.39 Å². The van der Waals surface area contributed by atoms with Crippen LogP contribution in [0.5, 0.6) is 0 Å². The summed E-state index contributed by atoms with van der Waals surface area (Å²) in [7, 11) is 0. The van der Waals surface area contributed by atoms with Gasteiger partial charge in [-0.3, -0.25) is 4.98 Å². The van der Waals surface area contributed by atoms with Crippen molar-refractivity contribution in [3.05, 3.63) is 64.7 Å². The van der Waals surface area contributed by atoms with Gasteiger partial charge in [0.1, 0.15) is 5.82 Å². The molecule has 2 aromatic rings. The molecular weight excluding hydrogens is 263 g/mol. The van der Waals surface area contributed by atoms with Crippen LogP contribution in [0.15, 0.2) is 42.6 Å². The van der Waals surface area contributed by atoms with E-state index in [1.807, 2.05) is 12.1 Å². The van der Waals surface area contributed by atoms with Crippen molar-refractivity contribution in [2.45, 2.75) is 19.4 Å². The molecule has 0 fully saturated rings. The zero-order valence-corrected chi connectivity index (χ0v) is 11.5. The molecule has 0 saturated carbocycles. The van der Waals surface area contributed by atoms with Crippen LogP contribution in [-0.2, 0) is 0 Å². The van der Waals surface area contributed by atoms with Gasteiger partial charge in [0, 0.05) is 11.8 Å². The summed E-state index contributed by atoms with van der Waals surface area (Å²) >= 11 is 5.84. The number of pyridine rings is 1. The highest BCUT2D eigenvalue weighted by Crippen LogP contribution is 2.23. The Kier molecular flexibility index (Phi) is 4.88. The molecule has 1 aromatic heterocycles. The highest BCUT2D eigenvalue weighted by Gasteiger charge is 2.17. The van der Waals surface area contributed by atoms with E-state index >= 15 is 0 Å². The second-order valence-electron chi connectivity index (χ2n) is 4.31. The van der Waals surface area contributed by atoms with Crippen molar-refractivity contribution >= 4 is 11.6 Å². The van der Waals surface area contributed by atoms with Gasteiger partial charge in [-0.1, -0.05) is 36.7 Å². The van der Waals surface area contributed by atoms with Crippen LogP contribution in [0.2, 0.25) is 5.02 Å². The summed E-state index contributed by atoms with van der Waals surface area (Å²) in [5, 5.41) is 3.89. The topological polar surface area (TPSA) is 24.9 Å². The Morgan fingerprint density at radius 2 is 2.05 bits per heavy atom. The summed E-state index contributed by atoms with van der Waals surface area (Å²) < 4.78 is 13.9. The molecule has 0 aliphatic carbocycles. The number of hydrogen-bond donors (Lipinski definition) is 1. The van der Waals surface area contributed by atoms with Crippen molar-refractivity contribution in [2.24, 2.45) is 0 Å². The monoisotopic (exact) mass is 278 g/mol.